The molecule has 1 aromatic heterocycles. The average molecular weight is 398 g/mol. The number of nitrogens with one attached hydrogen (secondary N) is 1. The Kier molecular flexibility index (Phi) is 5.87. The average Bonchev–Trinajstić information content (AvgIpc) is 2.70. The Morgan fingerprint density at radius 1 is 1.10 bits per heavy atom. The van der Waals surface area contributed by atoms with Crippen molar-refractivity contribution < 1.29 is 18.7 Å². The number of carbonyl (C=O) groups is 1. The molecule has 7 heteroatoms. The van der Waals surface area contributed by atoms with Gasteiger partial charge in [0.25, 0.3) is 11.5 Å². The van der Waals surface area contributed by atoms with Crippen molar-refractivity contribution in [3.63, 3.8) is 0 Å². The van der Waals surface area contributed by atoms with Crippen LogP contribution in [-0.4, -0.2) is 24.7 Å². The van der Waals surface area contributed by atoms with Gasteiger partial charge in [-0.25, -0.2) is 4.39 Å². The Balaban J connectivity index is 2.22. The molecule has 0 fully saturated rings. The molecule has 3 aromatic rings. The van der Waals surface area contributed by atoms with E-state index in [-0.39, 0.29) is 22.7 Å². The number of amides is 1. The predicted octanol–water partition coefficient (Wildman–Crippen LogP) is 4.07. The highest BCUT2D eigenvalue weighted by molar-refractivity contribution is 6.13. The van der Waals surface area contributed by atoms with Crippen LogP contribution in [0.1, 0.15) is 24.2 Å². The van der Waals surface area contributed by atoms with Crippen LogP contribution < -0.4 is 20.3 Å². The highest BCUT2D eigenvalue weighted by Crippen LogP contribution is 2.32. The van der Waals surface area contributed by atoms with E-state index in [1.54, 1.807) is 24.3 Å². The second-order valence-corrected chi connectivity index (χ2v) is 7.08. The summed E-state index contributed by atoms with van der Waals surface area (Å²) in [6.45, 7) is 4.39. The molecule has 0 saturated carbocycles. The number of hydrogen-bond acceptors (Lipinski definition) is 4. The van der Waals surface area contributed by atoms with Crippen molar-refractivity contribution in [3.8, 4) is 11.5 Å². The van der Waals surface area contributed by atoms with E-state index in [1.807, 2.05) is 13.8 Å². The fourth-order valence-corrected chi connectivity index (χ4v) is 3.18. The first-order valence-electron chi connectivity index (χ1n) is 9.20. The zero-order valence-corrected chi connectivity index (χ0v) is 16.8. The fourth-order valence-electron chi connectivity index (χ4n) is 3.18. The van der Waals surface area contributed by atoms with E-state index < -0.39 is 11.7 Å². The Bertz CT molecular complexity index is 1120. The van der Waals surface area contributed by atoms with Gasteiger partial charge in [0.15, 0.2) is 11.5 Å². The second kappa shape index (κ2) is 8.34. The van der Waals surface area contributed by atoms with Crippen molar-refractivity contribution in [2.45, 2.75) is 20.4 Å². The second-order valence-electron chi connectivity index (χ2n) is 7.08. The summed E-state index contributed by atoms with van der Waals surface area (Å²) in [4.78, 5) is 26.0. The highest BCUT2D eigenvalue weighted by Gasteiger charge is 2.19. The molecule has 0 bridgehead atoms. The van der Waals surface area contributed by atoms with Gasteiger partial charge in [0, 0.05) is 18.1 Å². The van der Waals surface area contributed by atoms with Crippen molar-refractivity contribution in [3.05, 3.63) is 64.3 Å². The standard InChI is InChI=1S/C22H23FN2O4/c1-13(2)11-25-12-16(21(26)24-18-8-6-5-7-17(18)23)14-9-19(28-3)20(29-4)10-15(14)22(25)27/h5-10,12-13H,11H2,1-4H3,(H,24,26). The monoisotopic (exact) mass is 398 g/mol. The first kappa shape index (κ1) is 20.4. The number of fused-ring (bicyclic) bond motifs is 1. The zero-order chi connectivity index (χ0) is 21.1. The summed E-state index contributed by atoms with van der Waals surface area (Å²) < 4.78 is 26.1. The van der Waals surface area contributed by atoms with E-state index >= 15 is 0 Å². The van der Waals surface area contributed by atoms with Gasteiger partial charge in [0.2, 0.25) is 0 Å². The number of pyridine rings is 1. The molecule has 0 radical (unpaired) electrons. The number of para-hydroxylation sites is 1. The number of aromatic nitrogens is 1. The van der Waals surface area contributed by atoms with E-state index in [0.29, 0.717) is 28.8 Å². The van der Waals surface area contributed by atoms with E-state index in [9.17, 15) is 14.0 Å². The minimum atomic E-state index is -0.542. The number of anilines is 1. The Hall–Kier alpha value is -3.35. The van der Waals surface area contributed by atoms with Crippen LogP contribution in [0.5, 0.6) is 11.5 Å². The number of halogens is 1. The summed E-state index contributed by atoms with van der Waals surface area (Å²) in [5, 5.41) is 3.31. The Morgan fingerprint density at radius 3 is 2.31 bits per heavy atom. The molecular weight excluding hydrogens is 375 g/mol. The first-order chi connectivity index (χ1) is 13.8. The fraction of sp³-hybridized carbons (Fsp3) is 0.273. The van der Waals surface area contributed by atoms with Gasteiger partial charge < -0.3 is 19.4 Å². The topological polar surface area (TPSA) is 69.6 Å². The maximum Gasteiger partial charge on any atom is 0.258 e. The van der Waals surface area contributed by atoms with Crippen molar-refractivity contribution in [2.24, 2.45) is 5.92 Å². The molecule has 0 spiro atoms. The third-order valence-corrected chi connectivity index (χ3v) is 4.52. The molecule has 3 rings (SSSR count). The number of nitrogens with zero attached hydrogens (tertiary/aromatic N) is 1. The van der Waals surface area contributed by atoms with Crippen LogP contribution in [-0.2, 0) is 6.54 Å². The zero-order valence-electron chi connectivity index (χ0n) is 16.8. The molecule has 152 valence electrons. The van der Waals surface area contributed by atoms with Crippen LogP contribution in [0, 0.1) is 11.7 Å². The third kappa shape index (κ3) is 4.08. The molecule has 0 aliphatic rings. The number of rotatable bonds is 6. The molecule has 0 saturated heterocycles. The SMILES string of the molecule is COc1cc2c(C(=O)Nc3ccccc3F)cn(CC(C)C)c(=O)c2cc1OC. The summed E-state index contributed by atoms with van der Waals surface area (Å²) in [5.41, 5.74) is 0.0642. The quantitative estimate of drug-likeness (QED) is 0.680. The molecule has 0 atom stereocenters. The minimum absolute atomic E-state index is 0.0627. The number of benzene rings is 2. The van der Waals surface area contributed by atoms with E-state index in [4.69, 9.17) is 9.47 Å². The number of hydrogen-bond donors (Lipinski definition) is 1. The van der Waals surface area contributed by atoms with Crippen LogP contribution >= 0.6 is 0 Å². The summed E-state index contributed by atoms with van der Waals surface area (Å²) in [6.07, 6.45) is 1.51. The van der Waals surface area contributed by atoms with Crippen LogP contribution in [0.3, 0.4) is 0 Å². The summed E-state index contributed by atoms with van der Waals surface area (Å²) >= 11 is 0. The lowest BCUT2D eigenvalue weighted by Crippen LogP contribution is -2.25. The van der Waals surface area contributed by atoms with Gasteiger partial charge in [-0.05, 0) is 30.2 Å². The summed E-state index contributed by atoms with van der Waals surface area (Å²) in [7, 11) is 2.95. The molecule has 2 aromatic carbocycles. The summed E-state index contributed by atoms with van der Waals surface area (Å²) in [6, 6.07) is 9.06. The minimum Gasteiger partial charge on any atom is -0.493 e. The third-order valence-electron chi connectivity index (χ3n) is 4.52. The van der Waals surface area contributed by atoms with Gasteiger partial charge in [-0.2, -0.15) is 0 Å². The molecule has 1 amide bonds. The summed E-state index contributed by atoms with van der Waals surface area (Å²) in [5.74, 6) is -0.0988. The molecule has 29 heavy (non-hydrogen) atoms. The van der Waals surface area contributed by atoms with Gasteiger partial charge in [-0.3, -0.25) is 9.59 Å². The maximum atomic E-state index is 14.0. The number of carbonyl (C=O) groups excluding carboxylic acids is 1. The highest BCUT2D eigenvalue weighted by atomic mass is 19.1. The van der Waals surface area contributed by atoms with Crippen LogP contribution in [0.15, 0.2) is 47.4 Å². The first-order valence-corrected chi connectivity index (χ1v) is 9.20. The lowest BCUT2D eigenvalue weighted by Gasteiger charge is -2.16. The Labute approximate surface area is 167 Å². The molecule has 1 heterocycles. The van der Waals surface area contributed by atoms with Gasteiger partial charge in [0.05, 0.1) is 30.9 Å². The lowest BCUT2D eigenvalue weighted by atomic mass is 10.0. The van der Waals surface area contributed by atoms with Gasteiger partial charge in [-0.15, -0.1) is 0 Å². The number of ether oxygens (including phenoxy) is 2. The molecule has 6 nitrogen and oxygen atoms in total. The largest absolute Gasteiger partial charge is 0.493 e. The molecule has 0 aliphatic heterocycles. The van der Waals surface area contributed by atoms with Crippen LogP contribution in [0.4, 0.5) is 10.1 Å². The number of methoxy groups -OCH3 is 2. The lowest BCUT2D eigenvalue weighted by molar-refractivity contribution is 0.102. The smallest absolute Gasteiger partial charge is 0.258 e. The van der Waals surface area contributed by atoms with Crippen LogP contribution in [0.25, 0.3) is 10.8 Å². The van der Waals surface area contributed by atoms with Gasteiger partial charge in [-0.1, -0.05) is 26.0 Å². The normalized spacial score (nSPS) is 11.0. The molecule has 0 aliphatic carbocycles. The van der Waals surface area contributed by atoms with E-state index in [2.05, 4.69) is 5.32 Å². The molecular formula is C22H23FN2O4. The van der Waals surface area contributed by atoms with Gasteiger partial charge in [0.1, 0.15) is 5.82 Å². The molecule has 1 N–H and O–H groups in total. The van der Waals surface area contributed by atoms with Crippen molar-refractivity contribution in [2.75, 3.05) is 19.5 Å². The van der Waals surface area contributed by atoms with Crippen molar-refractivity contribution in [1.82, 2.24) is 4.57 Å². The Morgan fingerprint density at radius 2 is 1.72 bits per heavy atom. The van der Waals surface area contributed by atoms with Crippen LogP contribution in [0.2, 0.25) is 0 Å². The van der Waals surface area contributed by atoms with Crippen molar-refractivity contribution >= 4 is 22.4 Å². The maximum absolute atomic E-state index is 14.0. The predicted molar refractivity (Wildman–Crippen MR) is 111 cm³/mol. The van der Waals surface area contributed by atoms with E-state index in [1.165, 1.54) is 37.1 Å². The molecule has 0 unspecified atom stereocenters. The van der Waals surface area contributed by atoms with Gasteiger partial charge >= 0.3 is 0 Å². The van der Waals surface area contributed by atoms with E-state index in [0.717, 1.165) is 0 Å². The van der Waals surface area contributed by atoms with Crippen molar-refractivity contribution in [1.29, 1.82) is 0 Å².